The summed E-state index contributed by atoms with van der Waals surface area (Å²) < 4.78 is 0. The largest absolute Gasteiger partial charge is 0.481 e. The van der Waals surface area contributed by atoms with Gasteiger partial charge < -0.3 is 15.1 Å². The molecule has 1 amide bonds. The molecule has 1 heterocycles. The van der Waals surface area contributed by atoms with Crippen LogP contribution in [-0.4, -0.2) is 39.6 Å². The van der Waals surface area contributed by atoms with Crippen molar-refractivity contribution in [3.05, 3.63) is 35.9 Å². The predicted molar refractivity (Wildman–Crippen MR) is 77.6 cm³/mol. The number of rotatable bonds is 5. The van der Waals surface area contributed by atoms with E-state index in [1.807, 2.05) is 30.3 Å². The first-order valence-electron chi connectivity index (χ1n) is 7.27. The molecule has 5 nitrogen and oxygen atoms in total. The van der Waals surface area contributed by atoms with Crippen molar-refractivity contribution in [2.45, 2.75) is 38.3 Å². The molecule has 114 valence electrons. The van der Waals surface area contributed by atoms with Gasteiger partial charge in [0.25, 0.3) is 0 Å². The topological polar surface area (TPSA) is 77.8 Å². The van der Waals surface area contributed by atoms with E-state index in [1.54, 1.807) is 4.90 Å². The molecule has 0 aliphatic carbocycles. The molecule has 0 spiro atoms. The lowest BCUT2D eigenvalue weighted by atomic mass is 10.00. The van der Waals surface area contributed by atoms with Crippen molar-refractivity contribution in [3.8, 4) is 0 Å². The minimum absolute atomic E-state index is 0.0884. The maximum atomic E-state index is 12.2. The predicted octanol–water partition coefficient (Wildman–Crippen LogP) is 1.82. The second-order valence-corrected chi connectivity index (χ2v) is 5.55. The fraction of sp³-hybridized carbons (Fsp3) is 0.500. The highest BCUT2D eigenvalue weighted by Crippen LogP contribution is 2.28. The molecule has 3 unspecified atom stereocenters. The minimum atomic E-state index is -1.10. The van der Waals surface area contributed by atoms with Crippen LogP contribution in [0.25, 0.3) is 0 Å². The Morgan fingerprint density at radius 3 is 2.62 bits per heavy atom. The van der Waals surface area contributed by atoms with E-state index >= 15 is 0 Å². The minimum Gasteiger partial charge on any atom is -0.481 e. The van der Waals surface area contributed by atoms with Crippen molar-refractivity contribution in [2.24, 2.45) is 5.92 Å². The Morgan fingerprint density at radius 2 is 2.00 bits per heavy atom. The SMILES string of the molecule is CC(C(=O)O)C(=O)N1CCCC1CC(O)c1ccccc1. The van der Waals surface area contributed by atoms with E-state index in [2.05, 4.69) is 0 Å². The van der Waals surface area contributed by atoms with Crippen LogP contribution in [0.2, 0.25) is 0 Å². The monoisotopic (exact) mass is 291 g/mol. The Bertz CT molecular complexity index is 502. The van der Waals surface area contributed by atoms with Gasteiger partial charge in [-0.3, -0.25) is 9.59 Å². The molecule has 0 aromatic heterocycles. The molecule has 1 aliphatic rings. The van der Waals surface area contributed by atoms with Gasteiger partial charge in [-0.25, -0.2) is 0 Å². The number of carboxylic acids is 1. The molecule has 3 atom stereocenters. The average molecular weight is 291 g/mol. The van der Waals surface area contributed by atoms with Crippen LogP contribution in [0.15, 0.2) is 30.3 Å². The normalized spacial score (nSPS) is 21.0. The summed E-state index contributed by atoms with van der Waals surface area (Å²) in [6.45, 7) is 1.98. The fourth-order valence-electron chi connectivity index (χ4n) is 2.79. The van der Waals surface area contributed by atoms with E-state index < -0.39 is 18.0 Å². The number of carboxylic acid groups (broad SMARTS) is 1. The smallest absolute Gasteiger partial charge is 0.315 e. The summed E-state index contributed by atoms with van der Waals surface area (Å²) in [6.07, 6.45) is 1.47. The number of amides is 1. The molecule has 1 aliphatic heterocycles. The zero-order chi connectivity index (χ0) is 15.4. The molecule has 1 aromatic rings. The highest BCUT2D eigenvalue weighted by molar-refractivity contribution is 5.96. The standard InChI is InChI=1S/C16H21NO4/c1-11(16(20)21)15(19)17-9-5-8-13(17)10-14(18)12-6-3-2-4-7-12/h2-4,6-7,11,13-14,18H,5,8-10H2,1H3,(H,20,21). The van der Waals surface area contributed by atoms with Gasteiger partial charge >= 0.3 is 5.97 Å². The second-order valence-electron chi connectivity index (χ2n) is 5.55. The third-order valence-corrected chi connectivity index (χ3v) is 4.08. The van der Waals surface area contributed by atoms with Crippen molar-refractivity contribution in [3.63, 3.8) is 0 Å². The number of carbonyl (C=O) groups excluding carboxylic acids is 1. The Labute approximate surface area is 124 Å². The lowest BCUT2D eigenvalue weighted by molar-refractivity contribution is -0.150. The number of hydrogen-bond donors (Lipinski definition) is 2. The molecular weight excluding hydrogens is 270 g/mol. The number of nitrogens with zero attached hydrogens (tertiary/aromatic N) is 1. The zero-order valence-corrected chi connectivity index (χ0v) is 12.1. The first-order valence-corrected chi connectivity index (χ1v) is 7.27. The molecule has 2 N–H and O–H groups in total. The summed E-state index contributed by atoms with van der Waals surface area (Å²) in [5, 5.41) is 19.2. The summed E-state index contributed by atoms with van der Waals surface area (Å²) in [4.78, 5) is 24.7. The molecule has 2 rings (SSSR count). The van der Waals surface area contributed by atoms with E-state index in [0.29, 0.717) is 13.0 Å². The molecule has 1 aromatic carbocycles. The number of aliphatic hydroxyl groups excluding tert-OH is 1. The molecule has 0 radical (unpaired) electrons. The highest BCUT2D eigenvalue weighted by Gasteiger charge is 2.35. The van der Waals surface area contributed by atoms with E-state index in [-0.39, 0.29) is 11.9 Å². The Hall–Kier alpha value is -1.88. The average Bonchev–Trinajstić information content (AvgIpc) is 2.94. The Kier molecular flexibility index (Phi) is 4.96. The highest BCUT2D eigenvalue weighted by atomic mass is 16.4. The van der Waals surface area contributed by atoms with Crippen molar-refractivity contribution in [1.82, 2.24) is 4.90 Å². The first-order chi connectivity index (χ1) is 10.0. The maximum absolute atomic E-state index is 12.2. The summed E-state index contributed by atoms with van der Waals surface area (Å²) in [7, 11) is 0. The number of aliphatic carboxylic acids is 1. The van der Waals surface area contributed by atoms with Gasteiger partial charge in [-0.15, -0.1) is 0 Å². The maximum Gasteiger partial charge on any atom is 0.315 e. The van der Waals surface area contributed by atoms with Gasteiger partial charge in [0.1, 0.15) is 5.92 Å². The summed E-state index contributed by atoms with van der Waals surface area (Å²) in [6, 6.07) is 9.23. The first kappa shape index (κ1) is 15.5. The van der Waals surface area contributed by atoms with Crippen molar-refractivity contribution >= 4 is 11.9 Å². The van der Waals surface area contributed by atoms with Gasteiger partial charge in [-0.1, -0.05) is 30.3 Å². The van der Waals surface area contributed by atoms with E-state index in [0.717, 1.165) is 18.4 Å². The van der Waals surface area contributed by atoms with Crippen LogP contribution in [0.1, 0.15) is 37.9 Å². The zero-order valence-electron chi connectivity index (χ0n) is 12.1. The molecule has 5 heteroatoms. The van der Waals surface area contributed by atoms with E-state index in [1.165, 1.54) is 6.92 Å². The summed E-state index contributed by atoms with van der Waals surface area (Å²) >= 11 is 0. The van der Waals surface area contributed by atoms with Crippen molar-refractivity contribution < 1.29 is 19.8 Å². The van der Waals surface area contributed by atoms with Crippen LogP contribution in [0.3, 0.4) is 0 Å². The quantitative estimate of drug-likeness (QED) is 0.811. The number of aliphatic hydroxyl groups is 1. The van der Waals surface area contributed by atoms with Gasteiger partial charge in [-0.2, -0.15) is 0 Å². The molecule has 1 saturated heterocycles. The van der Waals surface area contributed by atoms with Crippen LogP contribution in [-0.2, 0) is 9.59 Å². The summed E-state index contributed by atoms with van der Waals surface area (Å²) in [5.41, 5.74) is 0.822. The molecule has 0 saturated carbocycles. The van der Waals surface area contributed by atoms with E-state index in [4.69, 9.17) is 5.11 Å². The molecule has 0 bridgehead atoms. The number of carbonyl (C=O) groups is 2. The van der Waals surface area contributed by atoms with Gasteiger partial charge in [0.05, 0.1) is 6.10 Å². The summed E-state index contributed by atoms with van der Waals surface area (Å²) in [5.74, 6) is -2.49. The fourth-order valence-corrected chi connectivity index (χ4v) is 2.79. The number of likely N-dealkylation sites (tertiary alicyclic amines) is 1. The van der Waals surface area contributed by atoms with Crippen LogP contribution >= 0.6 is 0 Å². The van der Waals surface area contributed by atoms with Gasteiger partial charge in [0.2, 0.25) is 5.91 Å². The van der Waals surface area contributed by atoms with Gasteiger partial charge in [0.15, 0.2) is 0 Å². The molecular formula is C16H21NO4. The lowest BCUT2D eigenvalue weighted by Gasteiger charge is -2.28. The van der Waals surface area contributed by atoms with Crippen molar-refractivity contribution in [2.75, 3.05) is 6.54 Å². The Morgan fingerprint density at radius 1 is 1.33 bits per heavy atom. The van der Waals surface area contributed by atoms with Gasteiger partial charge in [0, 0.05) is 12.6 Å². The van der Waals surface area contributed by atoms with Gasteiger partial charge in [-0.05, 0) is 31.7 Å². The molecule has 1 fully saturated rings. The van der Waals surface area contributed by atoms with E-state index in [9.17, 15) is 14.7 Å². The third-order valence-electron chi connectivity index (χ3n) is 4.08. The number of hydrogen-bond acceptors (Lipinski definition) is 3. The van der Waals surface area contributed by atoms with Crippen molar-refractivity contribution in [1.29, 1.82) is 0 Å². The van der Waals surface area contributed by atoms with Crippen LogP contribution < -0.4 is 0 Å². The van der Waals surface area contributed by atoms with Crippen LogP contribution in [0, 0.1) is 5.92 Å². The second kappa shape index (κ2) is 6.72. The van der Waals surface area contributed by atoms with Crippen LogP contribution in [0.4, 0.5) is 0 Å². The Balaban J connectivity index is 2.02. The number of benzene rings is 1. The lowest BCUT2D eigenvalue weighted by Crippen LogP contribution is -2.41. The van der Waals surface area contributed by atoms with Crippen LogP contribution in [0.5, 0.6) is 0 Å². The third kappa shape index (κ3) is 3.61. The molecule has 21 heavy (non-hydrogen) atoms.